The number of alkyl halides is 3. The largest absolute Gasteiger partial charge is 0.411 e. The fourth-order valence-electron chi connectivity index (χ4n) is 1.46. The van der Waals surface area contributed by atoms with E-state index in [1.807, 2.05) is 11.8 Å². The summed E-state index contributed by atoms with van der Waals surface area (Å²) in [6.07, 6.45) is 3.43. The molecule has 0 aromatic carbocycles. The molecule has 0 aromatic rings. The molecule has 0 saturated carbocycles. The minimum atomic E-state index is -4.20. The Morgan fingerprint density at radius 3 is 2.33 bits per heavy atom. The van der Waals surface area contributed by atoms with Gasteiger partial charge < -0.3 is 10.1 Å². The summed E-state index contributed by atoms with van der Waals surface area (Å²) in [4.78, 5) is 0. The van der Waals surface area contributed by atoms with E-state index in [-0.39, 0.29) is 6.61 Å². The summed E-state index contributed by atoms with van der Waals surface area (Å²) in [5, 5.41) is 3.21. The number of ether oxygens (including phenoxy) is 1. The maximum Gasteiger partial charge on any atom is 0.411 e. The summed E-state index contributed by atoms with van der Waals surface area (Å²) in [6.45, 7) is 0.698. The Kier molecular flexibility index (Phi) is 12.2. The highest BCUT2D eigenvalue weighted by atomic mass is 32.2. The summed E-state index contributed by atoms with van der Waals surface area (Å²) >= 11 is 1.87. The molecule has 1 N–H and O–H groups in total. The van der Waals surface area contributed by atoms with E-state index < -0.39 is 12.8 Å². The van der Waals surface area contributed by atoms with Crippen LogP contribution in [-0.2, 0) is 4.74 Å². The van der Waals surface area contributed by atoms with Gasteiger partial charge in [-0.25, -0.2) is 0 Å². The molecule has 0 radical (unpaired) electrons. The van der Waals surface area contributed by atoms with Crippen molar-refractivity contribution in [3.8, 4) is 0 Å². The van der Waals surface area contributed by atoms with Crippen molar-refractivity contribution < 1.29 is 17.9 Å². The molecular weight excluding hydrogens is 263 g/mol. The van der Waals surface area contributed by atoms with Crippen LogP contribution in [0.3, 0.4) is 0 Å². The van der Waals surface area contributed by atoms with Crippen molar-refractivity contribution in [3.63, 3.8) is 0 Å². The standard InChI is InChI=1S/C12H24F3NOS/c1-18-10-5-3-2-4-7-16-8-6-9-17-11-12(13,14)15/h16H,2-11H2,1H3. The van der Waals surface area contributed by atoms with Gasteiger partial charge in [0.2, 0.25) is 0 Å². The van der Waals surface area contributed by atoms with E-state index >= 15 is 0 Å². The third-order valence-corrected chi connectivity index (χ3v) is 3.06. The molecule has 0 heterocycles. The average Bonchev–Trinajstić information content (AvgIpc) is 2.29. The summed E-state index contributed by atoms with van der Waals surface area (Å²) in [7, 11) is 0. The zero-order valence-electron chi connectivity index (χ0n) is 11.0. The average molecular weight is 287 g/mol. The van der Waals surface area contributed by atoms with Gasteiger partial charge in [0.05, 0.1) is 0 Å². The molecule has 0 bridgehead atoms. The lowest BCUT2D eigenvalue weighted by molar-refractivity contribution is -0.173. The monoisotopic (exact) mass is 287 g/mol. The number of nitrogens with one attached hydrogen (secondary N) is 1. The predicted molar refractivity (Wildman–Crippen MR) is 71.2 cm³/mol. The first-order valence-electron chi connectivity index (χ1n) is 6.40. The van der Waals surface area contributed by atoms with Gasteiger partial charge in [0.25, 0.3) is 0 Å². The van der Waals surface area contributed by atoms with E-state index in [4.69, 9.17) is 0 Å². The van der Waals surface area contributed by atoms with Gasteiger partial charge in [-0.05, 0) is 44.4 Å². The van der Waals surface area contributed by atoms with E-state index in [9.17, 15) is 13.2 Å². The van der Waals surface area contributed by atoms with Crippen molar-refractivity contribution in [1.82, 2.24) is 5.32 Å². The number of thioether (sulfide) groups is 1. The van der Waals surface area contributed by atoms with Gasteiger partial charge in [-0.3, -0.25) is 0 Å². The van der Waals surface area contributed by atoms with Gasteiger partial charge in [-0.2, -0.15) is 24.9 Å². The first kappa shape index (κ1) is 18.1. The maximum atomic E-state index is 11.7. The Balaban J connectivity index is 2.99. The molecular formula is C12H24F3NOS. The predicted octanol–water partition coefficient (Wildman–Crippen LogP) is 3.47. The number of unbranched alkanes of at least 4 members (excludes halogenated alkanes) is 3. The quantitative estimate of drug-likeness (QED) is 0.555. The van der Waals surface area contributed by atoms with Crippen molar-refractivity contribution in [2.45, 2.75) is 38.3 Å². The molecule has 0 spiro atoms. The third kappa shape index (κ3) is 16.1. The molecule has 6 heteroatoms. The summed E-state index contributed by atoms with van der Waals surface area (Å²) in [5.74, 6) is 1.23. The molecule has 0 rings (SSSR count). The van der Waals surface area contributed by atoms with Crippen LogP contribution in [-0.4, -0.2) is 44.5 Å². The minimum absolute atomic E-state index is 0.167. The normalized spacial score (nSPS) is 12.0. The number of halogens is 3. The van der Waals surface area contributed by atoms with Crippen LogP contribution in [0.2, 0.25) is 0 Å². The Labute approximate surface area is 112 Å². The number of hydrogen-bond acceptors (Lipinski definition) is 3. The Morgan fingerprint density at radius 2 is 1.67 bits per heavy atom. The first-order chi connectivity index (χ1) is 8.56. The lowest BCUT2D eigenvalue weighted by Gasteiger charge is -2.08. The molecule has 0 aliphatic heterocycles. The van der Waals surface area contributed by atoms with Crippen LogP contribution in [0.15, 0.2) is 0 Å². The molecule has 0 saturated heterocycles. The minimum Gasteiger partial charge on any atom is -0.372 e. The molecule has 0 atom stereocenters. The highest BCUT2D eigenvalue weighted by Gasteiger charge is 2.26. The molecule has 2 nitrogen and oxygen atoms in total. The molecule has 0 fully saturated rings. The molecule has 0 aliphatic carbocycles. The molecule has 0 amide bonds. The highest BCUT2D eigenvalue weighted by Crippen LogP contribution is 2.14. The van der Waals surface area contributed by atoms with Crippen LogP contribution in [0.25, 0.3) is 0 Å². The lowest BCUT2D eigenvalue weighted by atomic mass is 10.2. The van der Waals surface area contributed by atoms with Gasteiger partial charge in [0.1, 0.15) is 6.61 Å². The zero-order valence-corrected chi connectivity index (χ0v) is 11.8. The fraction of sp³-hybridized carbons (Fsp3) is 1.00. The highest BCUT2D eigenvalue weighted by molar-refractivity contribution is 7.98. The summed E-state index contributed by atoms with van der Waals surface area (Å²) in [6, 6.07) is 0. The van der Waals surface area contributed by atoms with E-state index in [0.717, 1.165) is 19.5 Å². The van der Waals surface area contributed by atoms with Gasteiger partial charge in [-0.15, -0.1) is 0 Å². The van der Waals surface area contributed by atoms with Crippen molar-refractivity contribution in [2.75, 3.05) is 38.3 Å². The van der Waals surface area contributed by atoms with Crippen LogP contribution in [0.1, 0.15) is 32.1 Å². The zero-order chi connectivity index (χ0) is 13.7. The first-order valence-corrected chi connectivity index (χ1v) is 7.80. The van der Waals surface area contributed by atoms with Crippen molar-refractivity contribution >= 4 is 11.8 Å². The van der Waals surface area contributed by atoms with Gasteiger partial charge in [-0.1, -0.05) is 12.8 Å². The smallest absolute Gasteiger partial charge is 0.372 e. The topological polar surface area (TPSA) is 21.3 Å². The van der Waals surface area contributed by atoms with Crippen LogP contribution in [0.4, 0.5) is 13.2 Å². The molecule has 18 heavy (non-hydrogen) atoms. The SMILES string of the molecule is CSCCCCCCNCCCOCC(F)(F)F. The van der Waals surface area contributed by atoms with Crippen LogP contribution in [0, 0.1) is 0 Å². The van der Waals surface area contributed by atoms with E-state index in [0.29, 0.717) is 6.42 Å². The molecule has 110 valence electrons. The van der Waals surface area contributed by atoms with Crippen molar-refractivity contribution in [2.24, 2.45) is 0 Å². The van der Waals surface area contributed by atoms with Gasteiger partial charge in [0, 0.05) is 6.61 Å². The molecule has 0 aromatic heterocycles. The van der Waals surface area contributed by atoms with Crippen LogP contribution >= 0.6 is 11.8 Å². The Morgan fingerprint density at radius 1 is 1.00 bits per heavy atom. The van der Waals surface area contributed by atoms with Gasteiger partial charge >= 0.3 is 6.18 Å². The Bertz CT molecular complexity index is 179. The van der Waals surface area contributed by atoms with E-state index in [1.165, 1.54) is 25.0 Å². The maximum absolute atomic E-state index is 11.7. The third-order valence-electron chi connectivity index (χ3n) is 2.36. The molecule has 0 aliphatic rings. The second kappa shape index (κ2) is 12.1. The second-order valence-corrected chi connectivity index (χ2v) is 5.16. The van der Waals surface area contributed by atoms with E-state index in [2.05, 4.69) is 16.3 Å². The van der Waals surface area contributed by atoms with Gasteiger partial charge in [0.15, 0.2) is 0 Å². The fourth-order valence-corrected chi connectivity index (χ4v) is 1.95. The second-order valence-electron chi connectivity index (χ2n) is 4.18. The number of rotatable bonds is 12. The van der Waals surface area contributed by atoms with Crippen LogP contribution in [0.5, 0.6) is 0 Å². The summed E-state index contributed by atoms with van der Waals surface area (Å²) < 4.78 is 39.7. The van der Waals surface area contributed by atoms with Crippen molar-refractivity contribution in [3.05, 3.63) is 0 Å². The summed E-state index contributed by atoms with van der Waals surface area (Å²) in [5.41, 5.74) is 0. The number of hydrogen-bond donors (Lipinski definition) is 1. The lowest BCUT2D eigenvalue weighted by Crippen LogP contribution is -2.21. The molecule has 0 unspecified atom stereocenters. The van der Waals surface area contributed by atoms with Crippen LogP contribution < -0.4 is 5.32 Å². The van der Waals surface area contributed by atoms with Crippen molar-refractivity contribution in [1.29, 1.82) is 0 Å². The Hall–Kier alpha value is 0.0600. The van der Waals surface area contributed by atoms with E-state index in [1.54, 1.807) is 0 Å².